The minimum absolute atomic E-state index is 0.0625. The van der Waals surface area contributed by atoms with E-state index in [0.29, 0.717) is 5.84 Å². The standard InChI is InChI=1S/C4H5N3O2/c1-3-5-2-4(6-3)7(8)9/h2,6H,1H3/q+1. The summed E-state index contributed by atoms with van der Waals surface area (Å²) in [5.74, 6) is 0.495. The van der Waals surface area contributed by atoms with Gasteiger partial charge < -0.3 is 10.1 Å². The van der Waals surface area contributed by atoms with E-state index in [9.17, 15) is 10.1 Å². The van der Waals surface area contributed by atoms with E-state index in [0.717, 1.165) is 0 Å². The molecule has 1 N–H and O–H groups in total. The van der Waals surface area contributed by atoms with Crippen molar-refractivity contribution in [3.8, 4) is 0 Å². The summed E-state index contributed by atoms with van der Waals surface area (Å²) in [5, 5.41) is 12.4. The van der Waals surface area contributed by atoms with E-state index >= 15 is 0 Å². The minimum Gasteiger partial charge on any atom is -0.358 e. The van der Waals surface area contributed by atoms with Gasteiger partial charge in [0.05, 0.1) is 0 Å². The van der Waals surface area contributed by atoms with Crippen LogP contribution in [0.4, 0.5) is 0 Å². The summed E-state index contributed by atoms with van der Waals surface area (Å²) < 4.78 is 0. The molecule has 1 aliphatic heterocycles. The minimum atomic E-state index is -0.514. The summed E-state index contributed by atoms with van der Waals surface area (Å²) in [7, 11) is 0. The Labute approximate surface area is 51.2 Å². The summed E-state index contributed by atoms with van der Waals surface area (Å²) in [6, 6.07) is 0. The summed E-state index contributed by atoms with van der Waals surface area (Å²) in [5.41, 5.74) is 0. The Morgan fingerprint density at radius 3 is 2.78 bits per heavy atom. The largest absolute Gasteiger partial charge is 0.367 e. The van der Waals surface area contributed by atoms with Crippen LogP contribution < -0.4 is 10.3 Å². The van der Waals surface area contributed by atoms with E-state index in [1.165, 1.54) is 6.20 Å². The summed E-state index contributed by atoms with van der Waals surface area (Å²) in [6.07, 6.45) is 1.19. The zero-order valence-electron chi connectivity index (χ0n) is 4.79. The first kappa shape index (κ1) is 5.74. The summed E-state index contributed by atoms with van der Waals surface area (Å²) in [6.45, 7) is 1.66. The second kappa shape index (κ2) is 1.85. The second-order valence-electron chi connectivity index (χ2n) is 1.61. The number of amidine groups is 1. The highest BCUT2D eigenvalue weighted by Crippen LogP contribution is 1.91. The Balaban J connectivity index is 2.64. The topological polar surface area (TPSA) is 69.3 Å². The lowest BCUT2D eigenvalue weighted by molar-refractivity contribution is -0.429. The molecule has 1 radical (unpaired) electrons. The van der Waals surface area contributed by atoms with Crippen molar-refractivity contribution in [1.29, 1.82) is 0 Å². The molecule has 1 aliphatic rings. The number of nitrogens with zero attached hydrogens (tertiary/aromatic N) is 2. The molecule has 0 aromatic rings. The molecular weight excluding hydrogens is 122 g/mol. The van der Waals surface area contributed by atoms with Gasteiger partial charge in [-0.25, -0.2) is 5.32 Å². The van der Waals surface area contributed by atoms with Crippen LogP contribution in [0.25, 0.3) is 0 Å². The number of aliphatic imine (C=N–C) groups is 1. The molecule has 0 saturated heterocycles. The molecule has 0 unspecified atom stereocenters. The molecule has 5 nitrogen and oxygen atoms in total. The van der Waals surface area contributed by atoms with E-state index in [4.69, 9.17) is 0 Å². The fourth-order valence-electron chi connectivity index (χ4n) is 0.501. The molecule has 1 rings (SSSR count). The Hall–Kier alpha value is -1.39. The SMILES string of the molecule is CC1=[N+]C=C([N+](=O)[O-])N1. The first-order valence-corrected chi connectivity index (χ1v) is 2.36. The molecule has 47 valence electrons. The molecule has 0 atom stereocenters. The molecule has 0 aromatic heterocycles. The maximum atomic E-state index is 9.95. The van der Waals surface area contributed by atoms with Crippen LogP contribution in [0.15, 0.2) is 12.0 Å². The van der Waals surface area contributed by atoms with Crippen molar-refractivity contribution in [1.82, 2.24) is 10.3 Å². The zero-order valence-corrected chi connectivity index (χ0v) is 4.79. The fourth-order valence-corrected chi connectivity index (χ4v) is 0.501. The molecule has 0 amide bonds. The van der Waals surface area contributed by atoms with Crippen molar-refractivity contribution in [3.05, 3.63) is 22.1 Å². The van der Waals surface area contributed by atoms with Crippen LogP contribution >= 0.6 is 0 Å². The molecular formula is C4H5N3O2+. The monoisotopic (exact) mass is 127 g/mol. The Bertz CT molecular complexity index is 206. The number of hydrogen-bond donors (Lipinski definition) is 1. The van der Waals surface area contributed by atoms with Crippen LogP contribution in [-0.4, -0.2) is 10.8 Å². The highest BCUT2D eigenvalue weighted by atomic mass is 16.6. The van der Waals surface area contributed by atoms with Crippen LogP contribution in [0, 0.1) is 10.1 Å². The van der Waals surface area contributed by atoms with E-state index in [-0.39, 0.29) is 5.82 Å². The van der Waals surface area contributed by atoms with Crippen molar-refractivity contribution in [2.24, 2.45) is 0 Å². The lowest BCUT2D eigenvalue weighted by atomic mass is 10.7. The van der Waals surface area contributed by atoms with Crippen molar-refractivity contribution in [2.75, 3.05) is 0 Å². The maximum Gasteiger partial charge on any atom is 0.367 e. The van der Waals surface area contributed by atoms with Gasteiger partial charge in [-0.3, -0.25) is 0 Å². The van der Waals surface area contributed by atoms with Gasteiger partial charge in [0, 0.05) is 6.92 Å². The smallest absolute Gasteiger partial charge is 0.358 e. The molecule has 0 aliphatic carbocycles. The van der Waals surface area contributed by atoms with Gasteiger partial charge in [0.25, 0.3) is 5.84 Å². The van der Waals surface area contributed by atoms with Crippen LogP contribution in [0.2, 0.25) is 0 Å². The third-order valence-electron chi connectivity index (χ3n) is 0.886. The van der Waals surface area contributed by atoms with Crippen molar-refractivity contribution >= 4 is 5.84 Å². The molecule has 0 aromatic carbocycles. The van der Waals surface area contributed by atoms with Crippen LogP contribution in [0.3, 0.4) is 0 Å². The molecule has 0 bridgehead atoms. The predicted octanol–water partition coefficient (Wildman–Crippen LogP) is -0.581. The van der Waals surface area contributed by atoms with E-state index in [2.05, 4.69) is 10.3 Å². The van der Waals surface area contributed by atoms with Gasteiger partial charge in [-0.2, -0.15) is 0 Å². The predicted molar refractivity (Wildman–Crippen MR) is 31.0 cm³/mol. The average Bonchev–Trinajstić information content (AvgIpc) is 2.14. The first-order chi connectivity index (χ1) is 4.20. The van der Waals surface area contributed by atoms with E-state index in [1.54, 1.807) is 6.92 Å². The normalized spacial score (nSPS) is 16.1. The van der Waals surface area contributed by atoms with Crippen LogP contribution in [0.5, 0.6) is 0 Å². The first-order valence-electron chi connectivity index (χ1n) is 2.36. The van der Waals surface area contributed by atoms with E-state index in [1.807, 2.05) is 0 Å². The molecule has 5 heteroatoms. The van der Waals surface area contributed by atoms with E-state index < -0.39 is 4.92 Å². The zero-order chi connectivity index (χ0) is 6.85. The molecule has 0 saturated carbocycles. The second-order valence-corrected chi connectivity index (χ2v) is 1.61. The molecule has 1 heterocycles. The van der Waals surface area contributed by atoms with Crippen LogP contribution in [0.1, 0.15) is 6.92 Å². The quantitative estimate of drug-likeness (QED) is 0.378. The molecule has 0 fully saturated rings. The third-order valence-corrected chi connectivity index (χ3v) is 0.886. The van der Waals surface area contributed by atoms with Gasteiger partial charge in [0.2, 0.25) is 6.20 Å². The average molecular weight is 127 g/mol. The van der Waals surface area contributed by atoms with Crippen LogP contribution in [-0.2, 0) is 0 Å². The lowest BCUT2D eigenvalue weighted by Crippen LogP contribution is -2.20. The molecule has 9 heavy (non-hydrogen) atoms. The number of nitro groups is 1. The van der Waals surface area contributed by atoms with Gasteiger partial charge >= 0.3 is 5.82 Å². The highest BCUT2D eigenvalue weighted by molar-refractivity contribution is 5.81. The van der Waals surface area contributed by atoms with Crippen molar-refractivity contribution < 1.29 is 4.92 Å². The number of rotatable bonds is 1. The van der Waals surface area contributed by atoms with Gasteiger partial charge in [-0.1, -0.05) is 0 Å². The van der Waals surface area contributed by atoms with Gasteiger partial charge in [0.15, 0.2) is 0 Å². The summed E-state index contributed by atoms with van der Waals surface area (Å²) >= 11 is 0. The Morgan fingerprint density at radius 2 is 2.56 bits per heavy atom. The van der Waals surface area contributed by atoms with Crippen molar-refractivity contribution in [2.45, 2.75) is 6.92 Å². The third kappa shape index (κ3) is 1.04. The maximum absolute atomic E-state index is 9.95. The lowest BCUT2D eigenvalue weighted by Gasteiger charge is -1.89. The van der Waals surface area contributed by atoms with Gasteiger partial charge in [-0.05, 0) is 9.92 Å². The Kier molecular flexibility index (Phi) is 1.18. The number of hydrogen-bond acceptors (Lipinski definition) is 4. The Morgan fingerprint density at radius 1 is 1.89 bits per heavy atom. The highest BCUT2D eigenvalue weighted by Gasteiger charge is 2.19. The molecule has 0 spiro atoms. The van der Waals surface area contributed by atoms with Crippen molar-refractivity contribution in [3.63, 3.8) is 0 Å². The van der Waals surface area contributed by atoms with Gasteiger partial charge in [0.1, 0.15) is 0 Å². The van der Waals surface area contributed by atoms with Gasteiger partial charge in [-0.15, -0.1) is 0 Å². The summed E-state index contributed by atoms with van der Waals surface area (Å²) in [4.78, 5) is 13.1. The number of nitrogens with one attached hydrogen (secondary N) is 1. The fraction of sp³-hybridized carbons (Fsp3) is 0.250.